The molecule has 1 atom stereocenters. The number of aromatic nitrogens is 4. The Labute approximate surface area is 156 Å². The highest BCUT2D eigenvalue weighted by atomic mass is 16.5. The minimum atomic E-state index is -0.277. The third-order valence-electron chi connectivity index (χ3n) is 4.60. The van der Waals surface area contributed by atoms with Crippen molar-refractivity contribution in [2.75, 3.05) is 13.1 Å². The summed E-state index contributed by atoms with van der Waals surface area (Å²) >= 11 is 0. The molecule has 0 spiro atoms. The summed E-state index contributed by atoms with van der Waals surface area (Å²) in [5.41, 5.74) is 1.11. The van der Waals surface area contributed by atoms with Gasteiger partial charge < -0.3 is 9.64 Å². The number of piperidine rings is 1. The highest BCUT2D eigenvalue weighted by Crippen LogP contribution is 2.18. The van der Waals surface area contributed by atoms with Gasteiger partial charge in [-0.2, -0.15) is 5.26 Å². The van der Waals surface area contributed by atoms with E-state index >= 15 is 0 Å². The number of aryl methyl sites for hydroxylation is 1. The first-order chi connectivity index (χ1) is 13.0. The number of nitrogens with zero attached hydrogens (tertiary/aromatic N) is 6. The molecule has 0 aromatic carbocycles. The maximum absolute atomic E-state index is 12.6. The highest BCUT2D eigenvalue weighted by molar-refractivity contribution is 5.76. The van der Waals surface area contributed by atoms with Crippen molar-refractivity contribution in [3.05, 3.63) is 46.0 Å². The topological polar surface area (TPSA) is 114 Å². The minimum Gasteiger partial charge on any atom is -0.470 e. The molecule has 1 amide bonds. The summed E-state index contributed by atoms with van der Waals surface area (Å²) in [6, 6.07) is 1.94. The Morgan fingerprint density at radius 1 is 1.33 bits per heavy atom. The zero-order valence-corrected chi connectivity index (χ0v) is 15.3. The number of likely N-dealkylation sites (tertiary alicyclic amines) is 1. The van der Waals surface area contributed by atoms with E-state index in [0.717, 1.165) is 12.8 Å². The van der Waals surface area contributed by atoms with E-state index in [1.165, 1.54) is 23.3 Å². The molecule has 1 saturated heterocycles. The molecule has 2 aromatic rings. The number of carbonyl (C=O) groups is 1. The molecule has 0 radical (unpaired) electrons. The molecule has 0 saturated carbocycles. The van der Waals surface area contributed by atoms with Crippen molar-refractivity contribution in [1.29, 1.82) is 5.26 Å². The van der Waals surface area contributed by atoms with Crippen molar-refractivity contribution >= 4 is 5.91 Å². The van der Waals surface area contributed by atoms with Crippen LogP contribution in [-0.4, -0.2) is 49.5 Å². The number of hydrogen-bond donors (Lipinski definition) is 0. The average Bonchev–Trinajstić information content (AvgIpc) is 2.69. The summed E-state index contributed by atoms with van der Waals surface area (Å²) < 4.78 is 7.12. The number of nitriles is 1. The number of carbonyl (C=O) groups excluding carboxylic acids is 1. The minimum absolute atomic E-state index is 0.0612. The number of ether oxygens (including phenoxy) is 1. The normalized spacial score (nSPS) is 16.6. The van der Waals surface area contributed by atoms with Crippen molar-refractivity contribution in [1.82, 2.24) is 24.4 Å². The largest absolute Gasteiger partial charge is 0.470 e. The van der Waals surface area contributed by atoms with E-state index in [2.05, 4.69) is 15.0 Å². The zero-order chi connectivity index (χ0) is 19.4. The second-order valence-corrected chi connectivity index (χ2v) is 6.43. The standard InChI is InChI=1S/C18H20N6O3/c1-12-13(2)22-11-24(18(12)26)10-16(25)23-7-3-4-14(9-23)27-17-15(8-19)20-5-6-21-17/h5-6,11,14H,3-4,7,9-10H2,1-2H3/t14-/m0/s1. The SMILES string of the molecule is Cc1ncn(CC(=O)N2CCC[C@H](Oc3nccnc3C#N)C2)c(=O)c1C. The third-order valence-corrected chi connectivity index (χ3v) is 4.60. The predicted molar refractivity (Wildman–Crippen MR) is 94.9 cm³/mol. The van der Waals surface area contributed by atoms with E-state index in [1.54, 1.807) is 18.7 Å². The molecule has 1 fully saturated rings. The van der Waals surface area contributed by atoms with Crippen LogP contribution in [0.1, 0.15) is 29.8 Å². The molecule has 0 N–H and O–H groups in total. The van der Waals surface area contributed by atoms with Gasteiger partial charge in [0.2, 0.25) is 11.6 Å². The summed E-state index contributed by atoms with van der Waals surface area (Å²) in [6.45, 7) is 4.36. The first-order valence-corrected chi connectivity index (χ1v) is 8.67. The number of hydrogen-bond acceptors (Lipinski definition) is 7. The average molecular weight is 368 g/mol. The molecule has 27 heavy (non-hydrogen) atoms. The van der Waals surface area contributed by atoms with Crippen LogP contribution < -0.4 is 10.3 Å². The lowest BCUT2D eigenvalue weighted by Crippen LogP contribution is -2.46. The van der Waals surface area contributed by atoms with Crippen LogP contribution in [0.2, 0.25) is 0 Å². The predicted octanol–water partition coefficient (Wildman–Crippen LogP) is 0.592. The maximum atomic E-state index is 12.6. The van der Waals surface area contributed by atoms with Gasteiger partial charge in [-0.15, -0.1) is 0 Å². The van der Waals surface area contributed by atoms with Gasteiger partial charge in [0.05, 0.1) is 12.9 Å². The van der Waals surface area contributed by atoms with Crippen molar-refractivity contribution in [3.63, 3.8) is 0 Å². The summed E-state index contributed by atoms with van der Waals surface area (Å²) in [4.78, 5) is 38.7. The van der Waals surface area contributed by atoms with Crippen LogP contribution in [0.4, 0.5) is 0 Å². The van der Waals surface area contributed by atoms with Gasteiger partial charge in [-0.1, -0.05) is 0 Å². The molecule has 0 aliphatic carbocycles. The fourth-order valence-electron chi connectivity index (χ4n) is 2.94. The quantitative estimate of drug-likeness (QED) is 0.776. The molecule has 9 heteroatoms. The van der Waals surface area contributed by atoms with E-state index in [1.807, 2.05) is 6.07 Å². The molecule has 0 bridgehead atoms. The van der Waals surface area contributed by atoms with Crippen molar-refractivity contribution < 1.29 is 9.53 Å². The lowest BCUT2D eigenvalue weighted by atomic mass is 10.1. The Hall–Kier alpha value is -3.28. The molecular formula is C18H20N6O3. The fraction of sp³-hybridized carbons (Fsp3) is 0.444. The smallest absolute Gasteiger partial charge is 0.256 e. The highest BCUT2D eigenvalue weighted by Gasteiger charge is 2.26. The first kappa shape index (κ1) is 18.5. The van der Waals surface area contributed by atoms with Gasteiger partial charge in [-0.25, -0.2) is 15.0 Å². The lowest BCUT2D eigenvalue weighted by Gasteiger charge is -2.32. The second kappa shape index (κ2) is 7.95. The van der Waals surface area contributed by atoms with E-state index < -0.39 is 0 Å². The molecular weight excluding hydrogens is 348 g/mol. The van der Waals surface area contributed by atoms with Crippen molar-refractivity contribution in [2.24, 2.45) is 0 Å². The summed E-state index contributed by atoms with van der Waals surface area (Å²) in [5.74, 6) is 0.00369. The van der Waals surface area contributed by atoms with Crippen LogP contribution in [0.25, 0.3) is 0 Å². The fourth-order valence-corrected chi connectivity index (χ4v) is 2.94. The number of amides is 1. The van der Waals surface area contributed by atoms with Crippen LogP contribution in [0, 0.1) is 25.2 Å². The lowest BCUT2D eigenvalue weighted by molar-refractivity contribution is -0.134. The molecule has 0 unspecified atom stereocenters. The number of rotatable bonds is 4. The van der Waals surface area contributed by atoms with E-state index in [-0.39, 0.29) is 35.7 Å². The van der Waals surface area contributed by atoms with E-state index in [0.29, 0.717) is 24.3 Å². The Kier molecular flexibility index (Phi) is 5.45. The van der Waals surface area contributed by atoms with Gasteiger partial charge >= 0.3 is 0 Å². The van der Waals surface area contributed by atoms with Crippen LogP contribution in [0.3, 0.4) is 0 Å². The molecule has 140 valence electrons. The van der Waals surface area contributed by atoms with Gasteiger partial charge in [-0.3, -0.25) is 14.2 Å². The third kappa shape index (κ3) is 4.11. The van der Waals surface area contributed by atoms with Gasteiger partial charge in [0.25, 0.3) is 11.4 Å². The summed E-state index contributed by atoms with van der Waals surface area (Å²) in [6.07, 6.45) is 5.52. The maximum Gasteiger partial charge on any atom is 0.256 e. The van der Waals surface area contributed by atoms with Crippen molar-refractivity contribution in [2.45, 2.75) is 39.3 Å². The Bertz CT molecular complexity index is 949. The summed E-state index contributed by atoms with van der Waals surface area (Å²) in [5, 5.41) is 9.08. The van der Waals surface area contributed by atoms with Gasteiger partial charge in [0, 0.05) is 30.2 Å². The van der Waals surface area contributed by atoms with E-state index in [9.17, 15) is 9.59 Å². The Morgan fingerprint density at radius 3 is 2.89 bits per heavy atom. The monoisotopic (exact) mass is 368 g/mol. The second-order valence-electron chi connectivity index (χ2n) is 6.43. The molecule has 1 aliphatic heterocycles. The molecule has 2 aromatic heterocycles. The Morgan fingerprint density at radius 2 is 2.11 bits per heavy atom. The van der Waals surface area contributed by atoms with Gasteiger partial charge in [0.1, 0.15) is 18.7 Å². The molecule has 1 aliphatic rings. The first-order valence-electron chi connectivity index (χ1n) is 8.67. The molecule has 3 rings (SSSR count). The van der Waals surface area contributed by atoms with Crippen LogP contribution in [0.15, 0.2) is 23.5 Å². The molecule has 9 nitrogen and oxygen atoms in total. The zero-order valence-electron chi connectivity index (χ0n) is 15.3. The van der Waals surface area contributed by atoms with Gasteiger partial charge in [0.15, 0.2) is 0 Å². The van der Waals surface area contributed by atoms with Crippen LogP contribution in [-0.2, 0) is 11.3 Å². The Balaban J connectivity index is 1.67. The van der Waals surface area contributed by atoms with Crippen LogP contribution >= 0.6 is 0 Å². The van der Waals surface area contributed by atoms with Crippen LogP contribution in [0.5, 0.6) is 5.88 Å². The molecule has 3 heterocycles. The van der Waals surface area contributed by atoms with Gasteiger partial charge in [-0.05, 0) is 26.7 Å². The van der Waals surface area contributed by atoms with Crippen molar-refractivity contribution in [3.8, 4) is 11.9 Å². The summed E-state index contributed by atoms with van der Waals surface area (Å²) in [7, 11) is 0. The van der Waals surface area contributed by atoms with E-state index in [4.69, 9.17) is 10.00 Å².